The summed E-state index contributed by atoms with van der Waals surface area (Å²) in [6.45, 7) is 5.31. The number of benzene rings is 1. The number of hydrogen-bond donors (Lipinski definition) is 0. The highest BCUT2D eigenvalue weighted by molar-refractivity contribution is 5.90. The fourth-order valence-electron chi connectivity index (χ4n) is 1.70. The molecular weight excluding hydrogens is 219 g/mol. The van der Waals surface area contributed by atoms with Crippen molar-refractivity contribution in [2.24, 2.45) is 0 Å². The number of rotatable bonds is 2. The zero-order valence-corrected chi connectivity index (χ0v) is 10.4. The Balaban J connectivity index is 2.24. The maximum Gasteiger partial charge on any atom is 0.341 e. The summed E-state index contributed by atoms with van der Waals surface area (Å²) in [5.41, 5.74) is 0.482. The Morgan fingerprint density at radius 3 is 2.53 bits per heavy atom. The number of carbonyl (C=O) groups is 1. The molecule has 1 aliphatic carbocycles. The molecule has 0 heterocycles. The second kappa shape index (κ2) is 4.13. The summed E-state index contributed by atoms with van der Waals surface area (Å²) in [7, 11) is 0. The standard InChI is InChI=1S/C14H17FO2/c1-14(2,3)17-13(16)11-8-10(9-4-5-9)6-7-12(11)15/h6-9H,4-5H2,1-3H3. The molecule has 1 saturated carbocycles. The van der Waals surface area contributed by atoms with E-state index in [1.165, 1.54) is 6.07 Å². The molecule has 0 unspecified atom stereocenters. The first-order valence-corrected chi connectivity index (χ1v) is 5.89. The maximum absolute atomic E-state index is 13.6. The summed E-state index contributed by atoms with van der Waals surface area (Å²) in [6, 6.07) is 4.73. The summed E-state index contributed by atoms with van der Waals surface area (Å²) in [5, 5.41) is 0. The second-order valence-electron chi connectivity index (χ2n) is 5.52. The lowest BCUT2D eigenvalue weighted by molar-refractivity contribution is 0.00646. The van der Waals surface area contributed by atoms with Gasteiger partial charge in [0.15, 0.2) is 0 Å². The van der Waals surface area contributed by atoms with E-state index in [1.807, 2.05) is 0 Å². The quantitative estimate of drug-likeness (QED) is 0.732. The number of esters is 1. The van der Waals surface area contributed by atoms with E-state index in [1.54, 1.807) is 32.9 Å². The average Bonchev–Trinajstić information content (AvgIpc) is 2.99. The van der Waals surface area contributed by atoms with Crippen molar-refractivity contribution >= 4 is 5.97 Å². The molecule has 0 spiro atoms. The topological polar surface area (TPSA) is 26.3 Å². The van der Waals surface area contributed by atoms with Crippen molar-refractivity contribution in [1.82, 2.24) is 0 Å². The molecule has 1 aromatic rings. The van der Waals surface area contributed by atoms with Gasteiger partial charge in [-0.05, 0) is 57.2 Å². The van der Waals surface area contributed by atoms with Crippen LogP contribution in [0.2, 0.25) is 0 Å². The van der Waals surface area contributed by atoms with Gasteiger partial charge in [0.25, 0.3) is 0 Å². The van der Waals surface area contributed by atoms with Gasteiger partial charge >= 0.3 is 5.97 Å². The van der Waals surface area contributed by atoms with Crippen molar-refractivity contribution in [3.05, 3.63) is 35.1 Å². The molecule has 0 aliphatic heterocycles. The fourth-order valence-corrected chi connectivity index (χ4v) is 1.70. The molecule has 0 saturated heterocycles. The van der Waals surface area contributed by atoms with E-state index in [0.29, 0.717) is 5.92 Å². The monoisotopic (exact) mass is 236 g/mol. The van der Waals surface area contributed by atoms with Crippen molar-refractivity contribution in [1.29, 1.82) is 0 Å². The third kappa shape index (κ3) is 3.05. The minimum atomic E-state index is -0.598. The van der Waals surface area contributed by atoms with Crippen LogP contribution in [0.25, 0.3) is 0 Å². The van der Waals surface area contributed by atoms with Gasteiger partial charge in [0.2, 0.25) is 0 Å². The Hall–Kier alpha value is -1.38. The predicted octanol–water partition coefficient (Wildman–Crippen LogP) is 3.66. The van der Waals surface area contributed by atoms with Crippen LogP contribution in [0.4, 0.5) is 4.39 Å². The molecule has 17 heavy (non-hydrogen) atoms. The first-order valence-electron chi connectivity index (χ1n) is 5.89. The summed E-state index contributed by atoms with van der Waals surface area (Å²) in [5.74, 6) is -0.599. The molecular formula is C14H17FO2. The van der Waals surface area contributed by atoms with Crippen molar-refractivity contribution in [2.75, 3.05) is 0 Å². The van der Waals surface area contributed by atoms with Crippen LogP contribution in [0.1, 0.15) is 55.5 Å². The van der Waals surface area contributed by atoms with Crippen molar-refractivity contribution in [3.8, 4) is 0 Å². The molecule has 2 nitrogen and oxygen atoms in total. The van der Waals surface area contributed by atoms with Crippen LogP contribution in [0.15, 0.2) is 18.2 Å². The molecule has 92 valence electrons. The highest BCUT2D eigenvalue weighted by Gasteiger charge is 2.26. The molecule has 0 N–H and O–H groups in total. The molecule has 1 fully saturated rings. The van der Waals surface area contributed by atoms with Gasteiger partial charge in [0.1, 0.15) is 11.4 Å². The number of hydrogen-bond acceptors (Lipinski definition) is 2. The summed E-state index contributed by atoms with van der Waals surface area (Å²) >= 11 is 0. The number of carbonyl (C=O) groups excluding carboxylic acids is 1. The molecule has 0 atom stereocenters. The van der Waals surface area contributed by atoms with Crippen molar-refractivity contribution < 1.29 is 13.9 Å². The summed E-state index contributed by atoms with van der Waals surface area (Å²) in [6.07, 6.45) is 2.25. The first kappa shape index (κ1) is 12.1. The van der Waals surface area contributed by atoms with E-state index in [9.17, 15) is 9.18 Å². The van der Waals surface area contributed by atoms with Gasteiger partial charge in [-0.25, -0.2) is 9.18 Å². The van der Waals surface area contributed by atoms with E-state index in [-0.39, 0.29) is 5.56 Å². The average molecular weight is 236 g/mol. The van der Waals surface area contributed by atoms with Crippen LogP contribution in [0.5, 0.6) is 0 Å². The first-order chi connectivity index (χ1) is 7.87. The molecule has 1 aromatic carbocycles. The van der Waals surface area contributed by atoms with Gasteiger partial charge < -0.3 is 4.74 Å². The lowest BCUT2D eigenvalue weighted by Crippen LogP contribution is -2.24. The van der Waals surface area contributed by atoms with Crippen LogP contribution >= 0.6 is 0 Å². The molecule has 0 bridgehead atoms. The predicted molar refractivity (Wildman–Crippen MR) is 63.5 cm³/mol. The van der Waals surface area contributed by atoms with Crippen LogP contribution in [0, 0.1) is 5.82 Å². The van der Waals surface area contributed by atoms with Crippen LogP contribution in [-0.2, 0) is 4.74 Å². The molecule has 0 amide bonds. The van der Waals surface area contributed by atoms with E-state index in [4.69, 9.17) is 4.74 Å². The fraction of sp³-hybridized carbons (Fsp3) is 0.500. The van der Waals surface area contributed by atoms with Crippen LogP contribution in [-0.4, -0.2) is 11.6 Å². The van der Waals surface area contributed by atoms with Gasteiger partial charge in [0.05, 0.1) is 5.56 Å². The minimum Gasteiger partial charge on any atom is -0.456 e. The maximum atomic E-state index is 13.6. The minimum absolute atomic E-state index is 0.0457. The Morgan fingerprint density at radius 2 is 2.00 bits per heavy atom. The Labute approximate surface area is 101 Å². The lowest BCUT2D eigenvalue weighted by atomic mass is 10.1. The summed E-state index contributed by atoms with van der Waals surface area (Å²) < 4.78 is 18.8. The third-order valence-electron chi connectivity index (χ3n) is 2.66. The molecule has 2 rings (SSSR count). The molecule has 1 aliphatic rings. The van der Waals surface area contributed by atoms with Gasteiger partial charge in [-0.15, -0.1) is 0 Å². The van der Waals surface area contributed by atoms with E-state index in [2.05, 4.69) is 0 Å². The van der Waals surface area contributed by atoms with Gasteiger partial charge in [-0.3, -0.25) is 0 Å². The third-order valence-corrected chi connectivity index (χ3v) is 2.66. The van der Waals surface area contributed by atoms with Crippen molar-refractivity contribution in [3.63, 3.8) is 0 Å². The molecule has 3 heteroatoms. The largest absolute Gasteiger partial charge is 0.456 e. The molecule has 0 radical (unpaired) electrons. The van der Waals surface area contributed by atoms with E-state index >= 15 is 0 Å². The lowest BCUT2D eigenvalue weighted by Gasteiger charge is -2.19. The SMILES string of the molecule is CC(C)(C)OC(=O)c1cc(C2CC2)ccc1F. The normalized spacial score (nSPS) is 15.8. The zero-order valence-electron chi connectivity index (χ0n) is 10.4. The smallest absolute Gasteiger partial charge is 0.341 e. The van der Waals surface area contributed by atoms with E-state index in [0.717, 1.165) is 18.4 Å². The van der Waals surface area contributed by atoms with Crippen molar-refractivity contribution in [2.45, 2.75) is 45.1 Å². The van der Waals surface area contributed by atoms with Crippen LogP contribution < -0.4 is 0 Å². The Kier molecular flexibility index (Phi) is 2.94. The molecule has 0 aromatic heterocycles. The Morgan fingerprint density at radius 1 is 1.35 bits per heavy atom. The summed E-state index contributed by atoms with van der Waals surface area (Å²) in [4.78, 5) is 11.8. The van der Waals surface area contributed by atoms with Gasteiger partial charge in [-0.1, -0.05) is 6.07 Å². The van der Waals surface area contributed by atoms with Crippen LogP contribution in [0.3, 0.4) is 0 Å². The highest BCUT2D eigenvalue weighted by atomic mass is 19.1. The number of ether oxygens (including phenoxy) is 1. The van der Waals surface area contributed by atoms with Gasteiger partial charge in [-0.2, -0.15) is 0 Å². The number of halogens is 1. The highest BCUT2D eigenvalue weighted by Crippen LogP contribution is 2.40. The van der Waals surface area contributed by atoms with E-state index < -0.39 is 17.4 Å². The van der Waals surface area contributed by atoms with Gasteiger partial charge in [0, 0.05) is 0 Å². The Bertz CT molecular complexity index is 442. The zero-order chi connectivity index (χ0) is 12.6. The second-order valence-corrected chi connectivity index (χ2v) is 5.52.